The van der Waals surface area contributed by atoms with Gasteiger partial charge in [0.15, 0.2) is 5.78 Å². The standard InChI is InChI=1S/C45H74N2O6/c1-28(2)37-31(48)24-45(34(49)27-47(23-22-46-10)26-29-12-11-13-29)21-20-43(8)30(38(37)45)14-15-33-42(7)18-17-35(53-36(50)25-40(3,4)39(51)52)41(5,6)32(42)16-19-44(33,43)9/h28-30,32-35,46,49H,11-27H2,1-10H3,(H,51,52)/t30-,32?,33-,34+,35+,42+,43-,44-,45+/m1/s1. The normalized spacial score (nSPS) is 38.8. The lowest BCUT2D eigenvalue weighted by Gasteiger charge is -2.72. The molecular weight excluding hydrogens is 665 g/mol. The average Bonchev–Trinajstić information content (AvgIpc) is 3.36. The highest BCUT2D eigenvalue weighted by Gasteiger charge is 2.71. The SMILES string of the molecule is CNCCN(CC1CCC1)C[C@H](O)[C@@]12CC[C@]3(C)[C@H](CC[C@@H]4[C@@]5(C)CC[C@H](OC(=O)CC(C)(C)C(=O)O)C(C)(C)C5CC[C@]43C)C1=C(C(C)C)C(=O)C2. The minimum absolute atomic E-state index is 0.0147. The number of ether oxygens (including phenoxy) is 1. The van der Waals surface area contributed by atoms with E-state index in [1.54, 1.807) is 13.8 Å². The molecule has 6 rings (SSSR count). The van der Waals surface area contributed by atoms with Crippen LogP contribution in [-0.4, -0.2) is 78.3 Å². The Morgan fingerprint density at radius 1 is 0.943 bits per heavy atom. The van der Waals surface area contributed by atoms with E-state index in [9.17, 15) is 24.6 Å². The summed E-state index contributed by atoms with van der Waals surface area (Å²) in [5, 5.41) is 25.5. The third-order valence-corrected chi connectivity index (χ3v) is 17.4. The summed E-state index contributed by atoms with van der Waals surface area (Å²) in [6.07, 6.45) is 11.5. The molecule has 0 aliphatic heterocycles. The van der Waals surface area contributed by atoms with Gasteiger partial charge >= 0.3 is 11.9 Å². The van der Waals surface area contributed by atoms with Gasteiger partial charge in [-0.1, -0.05) is 60.5 Å². The largest absolute Gasteiger partial charge is 0.481 e. The zero-order chi connectivity index (χ0) is 38.9. The molecule has 6 aliphatic rings. The first-order valence-electron chi connectivity index (χ1n) is 21.4. The fourth-order valence-electron chi connectivity index (χ4n) is 13.9. The zero-order valence-electron chi connectivity index (χ0n) is 35.0. The van der Waals surface area contributed by atoms with Crippen LogP contribution in [0.3, 0.4) is 0 Å². The fourth-order valence-corrected chi connectivity index (χ4v) is 13.9. The molecule has 300 valence electrons. The maximum absolute atomic E-state index is 14.2. The molecule has 5 saturated carbocycles. The summed E-state index contributed by atoms with van der Waals surface area (Å²) in [7, 11) is 2.00. The van der Waals surface area contributed by atoms with Gasteiger partial charge in [-0.3, -0.25) is 19.3 Å². The van der Waals surface area contributed by atoms with Crippen molar-refractivity contribution in [1.82, 2.24) is 10.2 Å². The molecule has 8 heteroatoms. The maximum atomic E-state index is 14.2. The number of ketones is 1. The number of carbonyl (C=O) groups excluding carboxylic acids is 2. The van der Waals surface area contributed by atoms with Gasteiger partial charge in [0.25, 0.3) is 0 Å². The molecule has 0 spiro atoms. The molecular formula is C45H74N2O6. The lowest BCUT2D eigenvalue weighted by molar-refractivity contribution is -0.235. The van der Waals surface area contributed by atoms with Crippen LogP contribution < -0.4 is 5.32 Å². The third kappa shape index (κ3) is 6.58. The van der Waals surface area contributed by atoms with Crippen LogP contribution in [0.5, 0.6) is 0 Å². The van der Waals surface area contributed by atoms with E-state index in [1.807, 2.05) is 7.05 Å². The van der Waals surface area contributed by atoms with Crippen molar-refractivity contribution in [3.05, 3.63) is 11.1 Å². The summed E-state index contributed by atoms with van der Waals surface area (Å²) < 4.78 is 6.19. The molecule has 3 N–H and O–H groups in total. The number of aliphatic hydroxyl groups excluding tert-OH is 1. The molecule has 0 heterocycles. The van der Waals surface area contributed by atoms with Gasteiger partial charge in [-0.25, -0.2) is 0 Å². The topological polar surface area (TPSA) is 116 Å². The molecule has 0 aromatic rings. The van der Waals surface area contributed by atoms with Crippen molar-refractivity contribution in [2.45, 2.75) is 158 Å². The van der Waals surface area contributed by atoms with E-state index >= 15 is 0 Å². The van der Waals surface area contributed by atoms with Gasteiger partial charge in [0, 0.05) is 43.4 Å². The first-order chi connectivity index (χ1) is 24.7. The molecule has 0 aromatic carbocycles. The van der Waals surface area contributed by atoms with E-state index in [0.29, 0.717) is 24.8 Å². The van der Waals surface area contributed by atoms with E-state index in [0.717, 1.165) is 82.5 Å². The average molecular weight is 739 g/mol. The summed E-state index contributed by atoms with van der Waals surface area (Å²) >= 11 is 0. The summed E-state index contributed by atoms with van der Waals surface area (Å²) in [5.41, 5.74) is 0.703. The number of hydrogen-bond acceptors (Lipinski definition) is 7. The predicted octanol–water partition coefficient (Wildman–Crippen LogP) is 8.06. The van der Waals surface area contributed by atoms with E-state index in [1.165, 1.54) is 24.8 Å². The number of allylic oxidation sites excluding steroid dienone is 1. The van der Waals surface area contributed by atoms with Gasteiger partial charge in [-0.2, -0.15) is 0 Å². The van der Waals surface area contributed by atoms with Gasteiger partial charge in [0.2, 0.25) is 0 Å². The van der Waals surface area contributed by atoms with Crippen LogP contribution in [0.15, 0.2) is 11.1 Å². The van der Waals surface area contributed by atoms with Crippen LogP contribution in [0.4, 0.5) is 0 Å². The smallest absolute Gasteiger partial charge is 0.309 e. The Morgan fingerprint density at radius 3 is 2.25 bits per heavy atom. The molecule has 0 aromatic heterocycles. The van der Waals surface area contributed by atoms with Gasteiger partial charge in [0.1, 0.15) is 6.10 Å². The number of aliphatic carboxylic acids is 1. The number of hydrogen-bond donors (Lipinski definition) is 3. The lowest BCUT2D eigenvalue weighted by Crippen LogP contribution is -2.66. The van der Waals surface area contributed by atoms with Crippen molar-refractivity contribution in [3.8, 4) is 0 Å². The zero-order valence-corrected chi connectivity index (χ0v) is 35.0. The van der Waals surface area contributed by atoms with Crippen molar-refractivity contribution in [2.75, 3.05) is 33.2 Å². The number of carbonyl (C=O) groups is 3. The van der Waals surface area contributed by atoms with Crippen LogP contribution in [0, 0.1) is 62.1 Å². The lowest BCUT2D eigenvalue weighted by atomic mass is 9.33. The molecule has 0 saturated heterocycles. The summed E-state index contributed by atoms with van der Waals surface area (Å²) in [6, 6.07) is 0. The second-order valence-corrected chi connectivity index (χ2v) is 21.2. The van der Waals surface area contributed by atoms with Gasteiger partial charge in [-0.05, 0) is 137 Å². The highest BCUT2D eigenvalue weighted by Crippen LogP contribution is 2.77. The van der Waals surface area contributed by atoms with Gasteiger partial charge in [-0.15, -0.1) is 0 Å². The number of carboxylic acid groups (broad SMARTS) is 1. The van der Waals surface area contributed by atoms with Crippen LogP contribution in [0.1, 0.15) is 146 Å². The number of rotatable bonds is 13. The molecule has 8 nitrogen and oxygen atoms in total. The van der Waals surface area contributed by atoms with Crippen LogP contribution >= 0.6 is 0 Å². The number of likely N-dealkylation sites (N-methyl/N-ethyl adjacent to an activating group) is 1. The number of fused-ring (bicyclic) bond motifs is 7. The Labute approximate surface area is 321 Å². The van der Waals surface area contributed by atoms with E-state index in [2.05, 4.69) is 58.7 Å². The molecule has 0 bridgehead atoms. The molecule has 0 amide bonds. The van der Waals surface area contributed by atoms with E-state index in [4.69, 9.17) is 4.74 Å². The molecule has 0 radical (unpaired) electrons. The Bertz CT molecular complexity index is 1460. The second-order valence-electron chi connectivity index (χ2n) is 21.2. The van der Waals surface area contributed by atoms with E-state index in [-0.39, 0.29) is 51.8 Å². The number of aliphatic hydroxyl groups is 1. The fraction of sp³-hybridized carbons (Fsp3) is 0.889. The minimum atomic E-state index is -1.16. The number of Topliss-reactive ketones (excluding diaryl/α,β-unsaturated/α-hetero) is 1. The summed E-state index contributed by atoms with van der Waals surface area (Å²) in [5.74, 6) is 0.935. The van der Waals surface area contributed by atoms with Crippen molar-refractivity contribution in [1.29, 1.82) is 0 Å². The second kappa shape index (κ2) is 14.3. The molecule has 1 unspecified atom stereocenters. The number of carboxylic acids is 1. The molecule has 53 heavy (non-hydrogen) atoms. The number of nitrogens with zero attached hydrogens (tertiary/aromatic N) is 1. The third-order valence-electron chi connectivity index (χ3n) is 17.4. The first-order valence-corrected chi connectivity index (χ1v) is 21.4. The Morgan fingerprint density at radius 2 is 1.64 bits per heavy atom. The van der Waals surface area contributed by atoms with Crippen molar-refractivity contribution >= 4 is 17.7 Å². The van der Waals surface area contributed by atoms with Crippen molar-refractivity contribution in [2.24, 2.45) is 62.1 Å². The predicted molar refractivity (Wildman–Crippen MR) is 209 cm³/mol. The highest BCUT2D eigenvalue weighted by molar-refractivity contribution is 6.00. The Kier molecular flexibility index (Phi) is 11.0. The molecule has 5 fully saturated rings. The molecule has 9 atom stereocenters. The van der Waals surface area contributed by atoms with Crippen LogP contribution in [0.25, 0.3) is 0 Å². The van der Waals surface area contributed by atoms with Crippen molar-refractivity contribution in [3.63, 3.8) is 0 Å². The minimum Gasteiger partial charge on any atom is -0.481 e. The Balaban J connectivity index is 1.28. The quantitative estimate of drug-likeness (QED) is 0.163. The van der Waals surface area contributed by atoms with Crippen LogP contribution in [0.2, 0.25) is 0 Å². The highest BCUT2D eigenvalue weighted by atomic mass is 16.5. The molecule has 6 aliphatic carbocycles. The van der Waals surface area contributed by atoms with Crippen molar-refractivity contribution < 1.29 is 29.3 Å². The number of nitrogens with one attached hydrogen (secondary N) is 1. The first kappa shape index (κ1) is 40.9. The Hall–Kier alpha value is -1.77. The monoisotopic (exact) mass is 739 g/mol. The van der Waals surface area contributed by atoms with Gasteiger partial charge in [0.05, 0.1) is 17.9 Å². The van der Waals surface area contributed by atoms with E-state index < -0.39 is 28.9 Å². The number of esters is 1. The summed E-state index contributed by atoms with van der Waals surface area (Å²) in [6.45, 7) is 23.3. The van der Waals surface area contributed by atoms with Crippen LogP contribution in [-0.2, 0) is 19.1 Å². The van der Waals surface area contributed by atoms with Gasteiger partial charge < -0.3 is 20.3 Å². The maximum Gasteiger partial charge on any atom is 0.309 e. The summed E-state index contributed by atoms with van der Waals surface area (Å²) in [4.78, 5) is 41.6.